The quantitative estimate of drug-likeness (QED) is 0.796. The number of benzene rings is 2. The molecule has 0 saturated carbocycles. The Hall–Kier alpha value is -2.90. The fourth-order valence-corrected chi connectivity index (χ4v) is 3.79. The van der Waals surface area contributed by atoms with Crippen LogP contribution < -0.4 is 10.1 Å². The summed E-state index contributed by atoms with van der Waals surface area (Å²) in [7, 11) is 0. The molecule has 2 amide bonds. The van der Waals surface area contributed by atoms with Gasteiger partial charge in [-0.1, -0.05) is 29.8 Å². The molecule has 2 aromatic rings. The lowest BCUT2D eigenvalue weighted by Crippen LogP contribution is -2.45. The fourth-order valence-electron chi connectivity index (χ4n) is 3.79. The van der Waals surface area contributed by atoms with E-state index in [1.54, 1.807) is 6.07 Å². The zero-order valence-corrected chi connectivity index (χ0v) is 17.9. The van der Waals surface area contributed by atoms with E-state index < -0.39 is 0 Å². The number of fused-ring (bicyclic) bond motifs is 1. The highest BCUT2D eigenvalue weighted by molar-refractivity contribution is 5.94. The number of hydrogen-bond donors (Lipinski definition) is 1. The van der Waals surface area contributed by atoms with Crippen LogP contribution in [0.5, 0.6) is 5.75 Å². The summed E-state index contributed by atoms with van der Waals surface area (Å²) in [6, 6.07) is 13.5. The Kier molecular flexibility index (Phi) is 6.84. The van der Waals surface area contributed by atoms with Gasteiger partial charge in [0.25, 0.3) is 5.91 Å². The van der Waals surface area contributed by atoms with Crippen molar-refractivity contribution >= 4 is 11.8 Å². The molecule has 164 valence electrons. The van der Waals surface area contributed by atoms with Crippen molar-refractivity contribution in [1.82, 2.24) is 15.1 Å². The summed E-state index contributed by atoms with van der Waals surface area (Å²) in [4.78, 5) is 29.5. The maximum Gasteiger partial charge on any atom is 0.251 e. The molecule has 7 nitrogen and oxygen atoms in total. The normalized spacial score (nSPS) is 16.7. The van der Waals surface area contributed by atoms with E-state index in [4.69, 9.17) is 9.47 Å². The van der Waals surface area contributed by atoms with Gasteiger partial charge in [-0.3, -0.25) is 14.5 Å². The molecule has 0 unspecified atom stereocenters. The van der Waals surface area contributed by atoms with Crippen LogP contribution in [0.25, 0.3) is 0 Å². The second-order valence-electron chi connectivity index (χ2n) is 8.04. The number of ether oxygens (including phenoxy) is 2. The molecule has 2 aliphatic rings. The van der Waals surface area contributed by atoms with Crippen molar-refractivity contribution in [1.29, 1.82) is 0 Å². The van der Waals surface area contributed by atoms with Gasteiger partial charge in [0.2, 0.25) is 5.91 Å². The van der Waals surface area contributed by atoms with Crippen molar-refractivity contribution in [3.8, 4) is 5.75 Å². The molecule has 1 fully saturated rings. The van der Waals surface area contributed by atoms with E-state index in [9.17, 15) is 9.59 Å². The largest absolute Gasteiger partial charge is 0.491 e. The van der Waals surface area contributed by atoms with E-state index in [1.165, 1.54) is 5.56 Å². The highest BCUT2D eigenvalue weighted by Crippen LogP contribution is 2.25. The Balaban J connectivity index is 1.40. The summed E-state index contributed by atoms with van der Waals surface area (Å²) in [5.41, 5.74) is 3.67. The lowest BCUT2D eigenvalue weighted by atomic mass is 10.1. The molecule has 0 radical (unpaired) electrons. The van der Waals surface area contributed by atoms with E-state index in [0.29, 0.717) is 51.6 Å². The zero-order chi connectivity index (χ0) is 21.6. The van der Waals surface area contributed by atoms with Gasteiger partial charge >= 0.3 is 0 Å². The molecule has 0 aliphatic carbocycles. The van der Waals surface area contributed by atoms with E-state index in [0.717, 1.165) is 30.0 Å². The average Bonchev–Trinajstić information content (AvgIpc) is 3.01. The van der Waals surface area contributed by atoms with E-state index in [1.807, 2.05) is 48.2 Å². The first-order chi connectivity index (χ1) is 15.1. The van der Waals surface area contributed by atoms with Crippen molar-refractivity contribution in [3.63, 3.8) is 0 Å². The van der Waals surface area contributed by atoms with Crippen LogP contribution in [0.2, 0.25) is 0 Å². The van der Waals surface area contributed by atoms with Gasteiger partial charge in [0.15, 0.2) is 0 Å². The van der Waals surface area contributed by atoms with Gasteiger partial charge in [0.05, 0.1) is 26.3 Å². The highest BCUT2D eigenvalue weighted by atomic mass is 16.5. The lowest BCUT2D eigenvalue weighted by Gasteiger charge is -2.28. The molecule has 1 saturated heterocycles. The molecule has 4 rings (SSSR count). The van der Waals surface area contributed by atoms with Crippen molar-refractivity contribution in [3.05, 3.63) is 64.7 Å². The minimum absolute atomic E-state index is 0.0765. The molecule has 0 aromatic heterocycles. The number of amides is 2. The first-order valence-electron chi connectivity index (χ1n) is 10.8. The summed E-state index contributed by atoms with van der Waals surface area (Å²) in [5, 5.41) is 2.97. The standard InChI is InChI=1S/C24H29N3O4/c1-18-2-4-19(5-3-18)15-25-24(29)20-6-7-22-21(14-20)16-27(10-13-31-22)23(28)17-26-8-11-30-12-9-26/h2-7,14H,8-13,15-17H2,1H3,(H,25,29). The molecule has 7 heteroatoms. The molecule has 2 aliphatic heterocycles. The number of hydrogen-bond acceptors (Lipinski definition) is 5. The van der Waals surface area contributed by atoms with Gasteiger partial charge in [-0.05, 0) is 30.7 Å². The Morgan fingerprint density at radius 3 is 2.55 bits per heavy atom. The van der Waals surface area contributed by atoms with Crippen LogP contribution in [0.3, 0.4) is 0 Å². The Labute approximate surface area is 182 Å². The number of nitrogens with zero attached hydrogens (tertiary/aromatic N) is 2. The Morgan fingerprint density at radius 2 is 1.77 bits per heavy atom. The summed E-state index contributed by atoms with van der Waals surface area (Å²) in [5.74, 6) is 0.670. The van der Waals surface area contributed by atoms with Crippen molar-refractivity contribution < 1.29 is 19.1 Å². The third-order valence-electron chi connectivity index (χ3n) is 5.69. The maximum absolute atomic E-state index is 12.8. The number of carbonyl (C=O) groups is 2. The zero-order valence-electron chi connectivity index (χ0n) is 17.9. The second-order valence-corrected chi connectivity index (χ2v) is 8.04. The van der Waals surface area contributed by atoms with Crippen LogP contribution in [0.15, 0.2) is 42.5 Å². The Bertz CT molecular complexity index is 923. The van der Waals surface area contributed by atoms with Crippen molar-refractivity contribution in [2.24, 2.45) is 0 Å². The van der Waals surface area contributed by atoms with Crippen LogP contribution in [-0.2, 0) is 22.6 Å². The summed E-state index contributed by atoms with van der Waals surface area (Å²) >= 11 is 0. The van der Waals surface area contributed by atoms with E-state index in [-0.39, 0.29) is 11.8 Å². The number of aryl methyl sites for hydroxylation is 1. The molecule has 0 atom stereocenters. The molecule has 2 aromatic carbocycles. The fraction of sp³-hybridized carbons (Fsp3) is 0.417. The summed E-state index contributed by atoms with van der Waals surface area (Å²) < 4.78 is 11.2. The molecule has 2 heterocycles. The molecule has 0 spiro atoms. The van der Waals surface area contributed by atoms with Crippen LogP contribution in [-0.4, -0.2) is 67.6 Å². The predicted octanol–water partition coefficient (Wildman–Crippen LogP) is 1.98. The minimum Gasteiger partial charge on any atom is -0.491 e. The van der Waals surface area contributed by atoms with Crippen LogP contribution in [0.4, 0.5) is 0 Å². The Morgan fingerprint density at radius 1 is 1.00 bits per heavy atom. The topological polar surface area (TPSA) is 71.1 Å². The average molecular weight is 424 g/mol. The molecular weight excluding hydrogens is 394 g/mol. The predicted molar refractivity (Wildman–Crippen MR) is 117 cm³/mol. The van der Waals surface area contributed by atoms with Gasteiger partial charge in [-0.15, -0.1) is 0 Å². The number of morpholine rings is 1. The van der Waals surface area contributed by atoms with E-state index >= 15 is 0 Å². The minimum atomic E-state index is -0.140. The van der Waals surface area contributed by atoms with E-state index in [2.05, 4.69) is 10.2 Å². The molecule has 1 N–H and O–H groups in total. The van der Waals surface area contributed by atoms with Gasteiger partial charge in [-0.25, -0.2) is 0 Å². The smallest absolute Gasteiger partial charge is 0.251 e. The maximum atomic E-state index is 12.8. The third-order valence-corrected chi connectivity index (χ3v) is 5.69. The van der Waals surface area contributed by atoms with Crippen molar-refractivity contribution in [2.75, 3.05) is 46.0 Å². The van der Waals surface area contributed by atoms with Gasteiger partial charge in [0, 0.05) is 37.3 Å². The van der Waals surface area contributed by atoms with Crippen LogP contribution in [0, 0.1) is 6.92 Å². The third kappa shape index (κ3) is 5.62. The second kappa shape index (κ2) is 9.94. The van der Waals surface area contributed by atoms with Gasteiger partial charge < -0.3 is 19.7 Å². The SMILES string of the molecule is Cc1ccc(CNC(=O)c2ccc3c(c2)CN(C(=O)CN2CCOCC2)CCO3)cc1. The molecule has 0 bridgehead atoms. The lowest BCUT2D eigenvalue weighted by molar-refractivity contribution is -0.134. The molecule has 31 heavy (non-hydrogen) atoms. The summed E-state index contributed by atoms with van der Waals surface area (Å²) in [6.07, 6.45) is 0. The number of nitrogens with one attached hydrogen (secondary N) is 1. The molecular formula is C24H29N3O4. The first-order valence-corrected chi connectivity index (χ1v) is 10.8. The van der Waals surface area contributed by atoms with Crippen molar-refractivity contribution in [2.45, 2.75) is 20.0 Å². The highest BCUT2D eigenvalue weighted by Gasteiger charge is 2.23. The number of rotatable bonds is 5. The first kappa shape index (κ1) is 21.3. The summed E-state index contributed by atoms with van der Waals surface area (Å²) in [6.45, 7) is 7.20. The van der Waals surface area contributed by atoms with Crippen LogP contribution in [0.1, 0.15) is 27.0 Å². The van der Waals surface area contributed by atoms with Gasteiger partial charge in [-0.2, -0.15) is 0 Å². The van der Waals surface area contributed by atoms with Gasteiger partial charge in [0.1, 0.15) is 12.4 Å². The number of carbonyl (C=O) groups excluding carboxylic acids is 2. The van der Waals surface area contributed by atoms with Crippen LogP contribution >= 0.6 is 0 Å². The monoisotopic (exact) mass is 423 g/mol.